The van der Waals surface area contributed by atoms with Gasteiger partial charge < -0.3 is 14.5 Å². The molecule has 20 heavy (non-hydrogen) atoms. The number of aliphatic hydroxyl groups is 1. The zero-order valence-corrected chi connectivity index (χ0v) is 11.7. The van der Waals surface area contributed by atoms with Gasteiger partial charge in [0.15, 0.2) is 0 Å². The van der Waals surface area contributed by atoms with Gasteiger partial charge in [-0.25, -0.2) is 0 Å². The maximum atomic E-state index is 14.0. The molecule has 1 heterocycles. The van der Waals surface area contributed by atoms with Crippen LogP contribution in [-0.2, 0) is 11.3 Å². The van der Waals surface area contributed by atoms with Crippen molar-refractivity contribution in [2.24, 2.45) is 0 Å². The van der Waals surface area contributed by atoms with Gasteiger partial charge in [-0.3, -0.25) is 4.79 Å². The SMILES string of the molecule is Cc1noc(C)c1CN(C)C(=O)C(F)(F)C1(O)CCC1. The number of rotatable bonds is 4. The van der Waals surface area contributed by atoms with Gasteiger partial charge in [-0.15, -0.1) is 0 Å². The van der Waals surface area contributed by atoms with Gasteiger partial charge in [0.1, 0.15) is 11.4 Å². The number of alkyl halides is 2. The lowest BCUT2D eigenvalue weighted by Gasteiger charge is -2.42. The molecule has 1 amide bonds. The molecule has 0 saturated heterocycles. The van der Waals surface area contributed by atoms with Crippen molar-refractivity contribution in [3.63, 3.8) is 0 Å². The molecular weight excluding hydrogens is 270 g/mol. The summed E-state index contributed by atoms with van der Waals surface area (Å²) in [5, 5.41) is 13.5. The standard InChI is InChI=1S/C13H18F2N2O3/c1-8-10(9(2)20-16-8)7-17(3)11(18)13(14,15)12(19)5-4-6-12/h19H,4-7H2,1-3H3. The summed E-state index contributed by atoms with van der Waals surface area (Å²) in [6, 6.07) is 0. The van der Waals surface area contributed by atoms with E-state index >= 15 is 0 Å². The summed E-state index contributed by atoms with van der Waals surface area (Å²) < 4.78 is 33.0. The Hall–Kier alpha value is -1.50. The lowest BCUT2D eigenvalue weighted by molar-refractivity contribution is -0.223. The molecule has 0 spiro atoms. The minimum atomic E-state index is -3.76. The Morgan fingerprint density at radius 1 is 1.50 bits per heavy atom. The second-order valence-corrected chi connectivity index (χ2v) is 5.42. The number of hydrogen-bond acceptors (Lipinski definition) is 4. The average Bonchev–Trinajstić information content (AvgIpc) is 2.66. The Kier molecular flexibility index (Phi) is 3.58. The van der Waals surface area contributed by atoms with Crippen LogP contribution in [0.3, 0.4) is 0 Å². The van der Waals surface area contributed by atoms with E-state index in [9.17, 15) is 18.7 Å². The lowest BCUT2D eigenvalue weighted by Crippen LogP contribution is -2.60. The van der Waals surface area contributed by atoms with Crippen LogP contribution >= 0.6 is 0 Å². The van der Waals surface area contributed by atoms with E-state index in [1.54, 1.807) is 13.8 Å². The van der Waals surface area contributed by atoms with Crippen LogP contribution in [0.1, 0.15) is 36.3 Å². The highest BCUT2D eigenvalue weighted by molar-refractivity contribution is 5.85. The van der Waals surface area contributed by atoms with Crippen LogP contribution in [-0.4, -0.2) is 39.6 Å². The molecule has 0 radical (unpaired) electrons. The largest absolute Gasteiger partial charge is 0.383 e. The van der Waals surface area contributed by atoms with Crippen molar-refractivity contribution in [1.82, 2.24) is 10.1 Å². The van der Waals surface area contributed by atoms with Crippen LogP contribution in [0, 0.1) is 13.8 Å². The number of halogens is 2. The van der Waals surface area contributed by atoms with Crippen LogP contribution in [0.25, 0.3) is 0 Å². The minimum absolute atomic E-state index is 0.0222. The molecule has 5 nitrogen and oxygen atoms in total. The van der Waals surface area contributed by atoms with E-state index in [0.29, 0.717) is 23.4 Å². The van der Waals surface area contributed by atoms with Gasteiger partial charge in [0, 0.05) is 12.6 Å². The highest BCUT2D eigenvalue weighted by Gasteiger charge is 2.61. The van der Waals surface area contributed by atoms with Gasteiger partial charge in [-0.05, 0) is 33.1 Å². The predicted octanol–water partition coefficient (Wildman–Crippen LogP) is 1.80. The number of aryl methyl sites for hydroxylation is 2. The third-order valence-electron chi connectivity index (χ3n) is 3.96. The first-order chi connectivity index (χ1) is 9.19. The molecule has 0 atom stereocenters. The lowest BCUT2D eigenvalue weighted by atomic mass is 9.75. The molecule has 0 aliphatic heterocycles. The van der Waals surface area contributed by atoms with Crippen molar-refractivity contribution in [2.75, 3.05) is 7.05 Å². The third-order valence-corrected chi connectivity index (χ3v) is 3.96. The van der Waals surface area contributed by atoms with Gasteiger partial charge in [0.25, 0.3) is 5.91 Å². The summed E-state index contributed by atoms with van der Waals surface area (Å²) in [7, 11) is 1.28. The molecule has 1 N–H and O–H groups in total. The fourth-order valence-electron chi connectivity index (χ4n) is 2.30. The molecule has 0 unspecified atom stereocenters. The zero-order valence-electron chi connectivity index (χ0n) is 11.7. The Labute approximate surface area is 115 Å². The summed E-state index contributed by atoms with van der Waals surface area (Å²) in [5.41, 5.74) is -1.03. The zero-order chi connectivity index (χ0) is 15.1. The first-order valence-corrected chi connectivity index (χ1v) is 6.46. The molecule has 1 aromatic rings. The molecule has 0 aromatic carbocycles. The Balaban J connectivity index is 2.13. The van der Waals surface area contributed by atoms with Crippen LogP contribution in [0.2, 0.25) is 0 Å². The minimum Gasteiger partial charge on any atom is -0.383 e. The van der Waals surface area contributed by atoms with Crippen molar-refractivity contribution in [1.29, 1.82) is 0 Å². The van der Waals surface area contributed by atoms with Gasteiger partial charge in [0.05, 0.1) is 12.2 Å². The van der Waals surface area contributed by atoms with E-state index in [-0.39, 0.29) is 19.4 Å². The van der Waals surface area contributed by atoms with Crippen molar-refractivity contribution < 1.29 is 23.2 Å². The molecule has 112 valence electrons. The molecule has 1 fully saturated rings. The molecule has 0 bridgehead atoms. The number of carbonyl (C=O) groups excluding carboxylic acids is 1. The average molecular weight is 288 g/mol. The molecule has 1 aromatic heterocycles. The molecule has 1 aliphatic rings. The molecule has 1 aliphatic carbocycles. The summed E-state index contributed by atoms with van der Waals surface area (Å²) in [4.78, 5) is 12.8. The molecule has 7 heteroatoms. The van der Waals surface area contributed by atoms with Crippen molar-refractivity contribution >= 4 is 5.91 Å². The van der Waals surface area contributed by atoms with Crippen LogP contribution in [0.15, 0.2) is 4.52 Å². The summed E-state index contributed by atoms with van der Waals surface area (Å²) in [6.45, 7) is 3.32. The molecular formula is C13H18F2N2O3. The number of nitrogens with zero attached hydrogens (tertiary/aromatic N) is 2. The Morgan fingerprint density at radius 3 is 2.50 bits per heavy atom. The summed E-state index contributed by atoms with van der Waals surface area (Å²) in [6.07, 6.45) is 0.406. The first-order valence-electron chi connectivity index (χ1n) is 6.46. The maximum Gasteiger partial charge on any atom is 0.352 e. The fourth-order valence-corrected chi connectivity index (χ4v) is 2.30. The smallest absolute Gasteiger partial charge is 0.352 e. The van der Waals surface area contributed by atoms with E-state index in [2.05, 4.69) is 5.16 Å². The van der Waals surface area contributed by atoms with Gasteiger partial charge >= 0.3 is 5.92 Å². The van der Waals surface area contributed by atoms with Crippen LogP contribution in [0.5, 0.6) is 0 Å². The van der Waals surface area contributed by atoms with E-state index in [0.717, 1.165) is 4.90 Å². The number of carbonyl (C=O) groups is 1. The number of amides is 1. The Morgan fingerprint density at radius 2 is 2.10 bits per heavy atom. The second kappa shape index (κ2) is 4.80. The van der Waals surface area contributed by atoms with E-state index in [1.807, 2.05) is 0 Å². The second-order valence-electron chi connectivity index (χ2n) is 5.42. The number of aromatic nitrogens is 1. The van der Waals surface area contributed by atoms with Gasteiger partial charge in [0.2, 0.25) is 0 Å². The van der Waals surface area contributed by atoms with Crippen molar-refractivity contribution in [3.8, 4) is 0 Å². The summed E-state index contributed by atoms with van der Waals surface area (Å²) in [5.74, 6) is -4.65. The third kappa shape index (κ3) is 2.19. The topological polar surface area (TPSA) is 66.6 Å². The fraction of sp³-hybridized carbons (Fsp3) is 0.692. The van der Waals surface area contributed by atoms with Crippen molar-refractivity contribution in [3.05, 3.63) is 17.0 Å². The molecule has 1 saturated carbocycles. The molecule has 2 rings (SSSR count). The van der Waals surface area contributed by atoms with E-state index in [1.165, 1.54) is 7.05 Å². The highest BCUT2D eigenvalue weighted by Crippen LogP contribution is 2.45. The monoisotopic (exact) mass is 288 g/mol. The van der Waals surface area contributed by atoms with Gasteiger partial charge in [-0.1, -0.05) is 5.16 Å². The maximum absolute atomic E-state index is 14.0. The summed E-state index contributed by atoms with van der Waals surface area (Å²) >= 11 is 0. The van der Waals surface area contributed by atoms with Crippen molar-refractivity contribution in [2.45, 2.75) is 51.2 Å². The van der Waals surface area contributed by atoms with E-state index < -0.39 is 17.4 Å². The van der Waals surface area contributed by atoms with Gasteiger partial charge in [-0.2, -0.15) is 8.78 Å². The van der Waals surface area contributed by atoms with Crippen LogP contribution < -0.4 is 0 Å². The van der Waals surface area contributed by atoms with Crippen LogP contribution in [0.4, 0.5) is 8.78 Å². The van der Waals surface area contributed by atoms with E-state index in [4.69, 9.17) is 4.52 Å². The first kappa shape index (κ1) is 14.9. The normalized spacial score (nSPS) is 17.7. The Bertz CT molecular complexity index is 504. The highest BCUT2D eigenvalue weighted by atomic mass is 19.3. The quantitative estimate of drug-likeness (QED) is 0.917. The number of hydrogen-bond donors (Lipinski definition) is 1. The predicted molar refractivity (Wildman–Crippen MR) is 66.2 cm³/mol.